The molecule has 2 aliphatic heterocycles. The number of anilines is 2. The summed E-state index contributed by atoms with van der Waals surface area (Å²) in [4.78, 5) is 29.6. The number of hydrogen-bond acceptors (Lipinski definition) is 5. The molecule has 1 amide bonds. The average molecular weight is 461 g/mol. The second-order valence-electron chi connectivity index (χ2n) is 8.45. The number of amides is 1. The average Bonchev–Trinajstić information content (AvgIpc) is 3.34. The van der Waals surface area contributed by atoms with E-state index in [0.717, 1.165) is 28.6 Å². The number of aromatic amines is 1. The van der Waals surface area contributed by atoms with Gasteiger partial charge in [-0.1, -0.05) is 18.2 Å². The quantitative estimate of drug-likeness (QED) is 0.504. The second-order valence-corrected chi connectivity index (χ2v) is 8.45. The minimum absolute atomic E-state index is 0.110. The van der Waals surface area contributed by atoms with Gasteiger partial charge in [-0.05, 0) is 24.3 Å². The molecular weight excluding hydrogens is 440 g/mol. The van der Waals surface area contributed by atoms with Gasteiger partial charge in [-0.25, -0.2) is 18.7 Å². The van der Waals surface area contributed by atoms with Crippen LogP contribution in [-0.4, -0.2) is 53.2 Å². The van der Waals surface area contributed by atoms with Gasteiger partial charge in [0.15, 0.2) is 11.6 Å². The number of nitrogens with one attached hydrogen (secondary N) is 1. The molecule has 0 aliphatic carbocycles. The Kier molecular flexibility index (Phi) is 4.99. The van der Waals surface area contributed by atoms with Crippen molar-refractivity contribution in [2.24, 2.45) is 0 Å². The topological polar surface area (TPSA) is 74.3 Å². The number of nitrogens with zero attached hydrogens (tertiary/aromatic N) is 4. The molecule has 1 unspecified atom stereocenters. The van der Waals surface area contributed by atoms with E-state index in [1.165, 1.54) is 11.0 Å². The number of carbonyl (C=O) groups is 1. The molecule has 0 radical (unpaired) electrons. The van der Waals surface area contributed by atoms with Crippen molar-refractivity contribution in [2.75, 3.05) is 36.1 Å². The van der Waals surface area contributed by atoms with Crippen LogP contribution in [0.4, 0.5) is 20.3 Å². The zero-order chi connectivity index (χ0) is 23.2. The first-order valence-corrected chi connectivity index (χ1v) is 11.1. The van der Waals surface area contributed by atoms with Crippen molar-refractivity contribution in [1.82, 2.24) is 15.0 Å². The monoisotopic (exact) mass is 461 g/mol. The van der Waals surface area contributed by atoms with E-state index in [1.54, 1.807) is 6.20 Å². The van der Waals surface area contributed by atoms with Crippen LogP contribution >= 0.6 is 0 Å². The van der Waals surface area contributed by atoms with Crippen molar-refractivity contribution in [2.45, 2.75) is 12.5 Å². The van der Waals surface area contributed by atoms with Crippen molar-refractivity contribution in [3.63, 3.8) is 0 Å². The van der Waals surface area contributed by atoms with Gasteiger partial charge in [-0.3, -0.25) is 4.79 Å². The molecule has 1 fully saturated rings. The van der Waals surface area contributed by atoms with E-state index >= 15 is 0 Å². The molecule has 1 atom stereocenters. The summed E-state index contributed by atoms with van der Waals surface area (Å²) in [5, 5.41) is 1.000. The Labute approximate surface area is 194 Å². The largest absolute Gasteiger partial charge is 0.377 e. The highest BCUT2D eigenvalue weighted by molar-refractivity contribution is 5.99. The summed E-state index contributed by atoms with van der Waals surface area (Å²) in [6.45, 7) is 1.95. The van der Waals surface area contributed by atoms with E-state index in [1.807, 2.05) is 30.5 Å². The fraction of sp³-hybridized carbons (Fsp3) is 0.240. The maximum absolute atomic E-state index is 14.2. The van der Waals surface area contributed by atoms with Gasteiger partial charge in [0, 0.05) is 41.3 Å². The maximum atomic E-state index is 14.2. The summed E-state index contributed by atoms with van der Waals surface area (Å²) in [5.41, 5.74) is 2.15. The smallest absolute Gasteiger partial charge is 0.231 e. The van der Waals surface area contributed by atoms with Gasteiger partial charge in [-0.15, -0.1) is 0 Å². The molecule has 1 N–H and O–H groups in total. The molecule has 172 valence electrons. The lowest BCUT2D eigenvalue weighted by atomic mass is 10.1. The van der Waals surface area contributed by atoms with Crippen LogP contribution in [0.3, 0.4) is 0 Å². The number of H-pyrrole nitrogens is 1. The van der Waals surface area contributed by atoms with E-state index in [9.17, 15) is 13.6 Å². The molecule has 1 saturated heterocycles. The molecule has 2 aromatic carbocycles. The first kappa shape index (κ1) is 20.7. The van der Waals surface area contributed by atoms with E-state index in [-0.39, 0.29) is 11.6 Å². The normalized spacial score (nSPS) is 17.5. The number of benzene rings is 2. The van der Waals surface area contributed by atoms with E-state index in [2.05, 4.69) is 14.9 Å². The van der Waals surface area contributed by atoms with Crippen molar-refractivity contribution in [3.05, 3.63) is 72.1 Å². The SMILES string of the molecule is O=C(Cc1c(F)cccc1F)N1CC2COCCN2c2nc(-c3cccc4[nH]ccc34)ncc21. The second kappa shape index (κ2) is 8.18. The van der Waals surface area contributed by atoms with E-state index in [0.29, 0.717) is 43.6 Å². The molecular formula is C25H21F2N5O2. The number of morpholine rings is 1. The van der Waals surface area contributed by atoms with Crippen LogP contribution in [0, 0.1) is 11.6 Å². The van der Waals surface area contributed by atoms with Gasteiger partial charge >= 0.3 is 0 Å². The van der Waals surface area contributed by atoms with Crippen molar-refractivity contribution in [3.8, 4) is 11.4 Å². The Balaban J connectivity index is 1.42. The zero-order valence-corrected chi connectivity index (χ0v) is 18.2. The molecule has 4 heterocycles. The lowest BCUT2D eigenvalue weighted by molar-refractivity contribution is -0.118. The van der Waals surface area contributed by atoms with Crippen LogP contribution in [0.25, 0.3) is 22.3 Å². The van der Waals surface area contributed by atoms with Crippen LogP contribution < -0.4 is 9.80 Å². The van der Waals surface area contributed by atoms with Crippen molar-refractivity contribution >= 4 is 28.3 Å². The third kappa shape index (κ3) is 3.40. The molecule has 2 aromatic heterocycles. The predicted octanol–water partition coefficient (Wildman–Crippen LogP) is 3.70. The highest BCUT2D eigenvalue weighted by Crippen LogP contribution is 2.37. The third-order valence-electron chi connectivity index (χ3n) is 6.46. The summed E-state index contributed by atoms with van der Waals surface area (Å²) in [7, 11) is 0. The summed E-state index contributed by atoms with van der Waals surface area (Å²) >= 11 is 0. The Bertz CT molecular complexity index is 1390. The Hall–Kier alpha value is -3.85. The van der Waals surface area contributed by atoms with Crippen LogP contribution in [0.5, 0.6) is 0 Å². The highest BCUT2D eigenvalue weighted by Gasteiger charge is 2.37. The summed E-state index contributed by atoms with van der Waals surface area (Å²) < 4.78 is 34.1. The van der Waals surface area contributed by atoms with Gasteiger partial charge < -0.3 is 19.5 Å². The number of fused-ring (bicyclic) bond motifs is 4. The van der Waals surface area contributed by atoms with Crippen molar-refractivity contribution < 1.29 is 18.3 Å². The van der Waals surface area contributed by atoms with E-state index < -0.39 is 24.0 Å². The number of ether oxygens (including phenoxy) is 1. The lowest BCUT2D eigenvalue weighted by Gasteiger charge is -2.44. The molecule has 0 spiro atoms. The van der Waals surface area contributed by atoms with E-state index in [4.69, 9.17) is 9.72 Å². The Morgan fingerprint density at radius 3 is 2.82 bits per heavy atom. The first-order valence-electron chi connectivity index (χ1n) is 11.1. The fourth-order valence-electron chi connectivity index (χ4n) is 4.76. The zero-order valence-electron chi connectivity index (χ0n) is 18.2. The number of hydrogen-bond donors (Lipinski definition) is 1. The maximum Gasteiger partial charge on any atom is 0.231 e. The lowest BCUT2D eigenvalue weighted by Crippen LogP contribution is -2.57. The Morgan fingerprint density at radius 2 is 1.97 bits per heavy atom. The molecule has 9 heteroatoms. The van der Waals surface area contributed by atoms with Gasteiger partial charge in [0.05, 0.1) is 31.9 Å². The molecule has 0 saturated carbocycles. The fourth-order valence-corrected chi connectivity index (χ4v) is 4.76. The molecule has 2 aliphatic rings. The molecule has 6 rings (SSSR count). The van der Waals surface area contributed by atoms with Crippen LogP contribution in [0.15, 0.2) is 54.9 Å². The number of rotatable bonds is 3. The van der Waals surface area contributed by atoms with Gasteiger partial charge in [0.2, 0.25) is 5.91 Å². The standard InChI is InChI=1S/C25H21F2N5O2/c26-19-4-2-5-20(27)18(19)11-23(33)32-13-15-14-34-10-9-31(15)25-22(32)12-29-24(30-25)17-3-1-6-21-16(17)7-8-28-21/h1-8,12,15,28H,9-11,13-14H2. The predicted molar refractivity (Wildman–Crippen MR) is 124 cm³/mol. The highest BCUT2D eigenvalue weighted by atomic mass is 19.1. The molecule has 7 nitrogen and oxygen atoms in total. The Morgan fingerprint density at radius 1 is 1.15 bits per heavy atom. The summed E-state index contributed by atoms with van der Waals surface area (Å²) in [5.74, 6) is -0.721. The molecule has 34 heavy (non-hydrogen) atoms. The van der Waals surface area contributed by atoms with Gasteiger partial charge in [0.25, 0.3) is 0 Å². The van der Waals surface area contributed by atoms with Crippen molar-refractivity contribution in [1.29, 1.82) is 0 Å². The van der Waals surface area contributed by atoms with Crippen LogP contribution in [-0.2, 0) is 16.0 Å². The minimum Gasteiger partial charge on any atom is -0.377 e. The minimum atomic E-state index is -0.737. The van der Waals surface area contributed by atoms with Gasteiger partial charge in [-0.2, -0.15) is 0 Å². The molecule has 4 aromatic rings. The summed E-state index contributed by atoms with van der Waals surface area (Å²) in [6.07, 6.45) is 3.10. The first-order chi connectivity index (χ1) is 16.6. The van der Waals surface area contributed by atoms with Crippen LogP contribution in [0.1, 0.15) is 5.56 Å². The molecule has 0 bridgehead atoms. The number of aromatic nitrogens is 3. The number of carbonyl (C=O) groups excluding carboxylic acids is 1. The van der Waals surface area contributed by atoms with Gasteiger partial charge in [0.1, 0.15) is 17.3 Å². The number of halogens is 2. The van der Waals surface area contributed by atoms with Crippen LogP contribution in [0.2, 0.25) is 0 Å². The summed E-state index contributed by atoms with van der Waals surface area (Å²) in [6, 6.07) is 11.3. The third-order valence-corrected chi connectivity index (χ3v) is 6.46.